The Labute approximate surface area is 153 Å². The molecule has 3 rings (SSSR count). The summed E-state index contributed by atoms with van der Waals surface area (Å²) in [7, 11) is 0. The van der Waals surface area contributed by atoms with E-state index in [1.165, 1.54) is 0 Å². The Morgan fingerprint density at radius 2 is 1.85 bits per heavy atom. The Hall–Kier alpha value is -2.67. The Balaban J connectivity index is 1.53. The Morgan fingerprint density at radius 1 is 1.12 bits per heavy atom. The average Bonchev–Trinajstić information content (AvgIpc) is 3.17. The first kappa shape index (κ1) is 18.1. The number of piperazine rings is 1. The van der Waals surface area contributed by atoms with Crippen molar-refractivity contribution >= 4 is 11.8 Å². The van der Waals surface area contributed by atoms with E-state index in [1.54, 1.807) is 17.1 Å². The maximum absolute atomic E-state index is 12.7. The van der Waals surface area contributed by atoms with Crippen LogP contribution in [0, 0.1) is 0 Å². The number of para-hydroxylation sites is 1. The number of carbonyl (C=O) groups excluding carboxylic acids is 2. The van der Waals surface area contributed by atoms with Crippen LogP contribution >= 0.6 is 0 Å². The van der Waals surface area contributed by atoms with Crippen LogP contribution in [0.25, 0.3) is 5.69 Å². The molecular formula is C19H25N5O2. The zero-order valence-corrected chi connectivity index (χ0v) is 15.1. The highest BCUT2D eigenvalue weighted by molar-refractivity contribution is 5.94. The quantitative estimate of drug-likeness (QED) is 0.844. The van der Waals surface area contributed by atoms with Crippen molar-refractivity contribution in [3.63, 3.8) is 0 Å². The molecule has 0 radical (unpaired) electrons. The summed E-state index contributed by atoms with van der Waals surface area (Å²) in [6.07, 6.45) is 4.31. The monoisotopic (exact) mass is 355 g/mol. The highest BCUT2D eigenvalue weighted by Crippen LogP contribution is 2.11. The molecule has 0 spiro atoms. The summed E-state index contributed by atoms with van der Waals surface area (Å²) in [6, 6.07) is 9.72. The minimum atomic E-state index is -0.0118. The molecular weight excluding hydrogens is 330 g/mol. The highest BCUT2D eigenvalue weighted by atomic mass is 16.2. The third-order valence-corrected chi connectivity index (χ3v) is 4.45. The average molecular weight is 355 g/mol. The molecule has 7 nitrogen and oxygen atoms in total. The van der Waals surface area contributed by atoms with Gasteiger partial charge in [-0.2, -0.15) is 5.10 Å². The van der Waals surface area contributed by atoms with Gasteiger partial charge in [0.15, 0.2) is 0 Å². The van der Waals surface area contributed by atoms with Crippen molar-refractivity contribution in [2.75, 3.05) is 39.3 Å². The van der Waals surface area contributed by atoms with E-state index in [9.17, 15) is 9.59 Å². The van der Waals surface area contributed by atoms with E-state index in [-0.39, 0.29) is 11.8 Å². The van der Waals surface area contributed by atoms with Gasteiger partial charge in [-0.3, -0.25) is 14.5 Å². The molecule has 0 atom stereocenters. The van der Waals surface area contributed by atoms with Crippen LogP contribution in [-0.4, -0.2) is 70.7 Å². The first-order valence-electron chi connectivity index (χ1n) is 9.06. The topological polar surface area (TPSA) is 70.5 Å². The molecule has 7 heteroatoms. The second-order valence-corrected chi connectivity index (χ2v) is 6.43. The third kappa shape index (κ3) is 4.49. The smallest absolute Gasteiger partial charge is 0.257 e. The Kier molecular flexibility index (Phi) is 6.01. The van der Waals surface area contributed by atoms with Gasteiger partial charge in [-0.15, -0.1) is 0 Å². The maximum atomic E-state index is 12.7. The predicted molar refractivity (Wildman–Crippen MR) is 99.2 cm³/mol. The fourth-order valence-electron chi connectivity index (χ4n) is 2.97. The lowest BCUT2D eigenvalue weighted by Crippen LogP contribution is -2.51. The molecule has 2 amide bonds. The molecule has 0 saturated carbocycles. The molecule has 0 aliphatic carbocycles. The lowest BCUT2D eigenvalue weighted by Gasteiger charge is -2.34. The highest BCUT2D eigenvalue weighted by Gasteiger charge is 2.24. The van der Waals surface area contributed by atoms with Crippen LogP contribution in [0.4, 0.5) is 0 Å². The molecule has 1 N–H and O–H groups in total. The van der Waals surface area contributed by atoms with Crippen LogP contribution < -0.4 is 5.32 Å². The molecule has 1 aliphatic rings. The van der Waals surface area contributed by atoms with E-state index in [0.29, 0.717) is 44.8 Å². The fraction of sp³-hybridized carbons (Fsp3) is 0.421. The van der Waals surface area contributed by atoms with E-state index in [0.717, 1.165) is 12.1 Å². The number of rotatable bonds is 6. The molecule has 1 aromatic carbocycles. The largest absolute Gasteiger partial charge is 0.355 e. The summed E-state index contributed by atoms with van der Waals surface area (Å²) in [4.78, 5) is 28.4. The van der Waals surface area contributed by atoms with Gasteiger partial charge in [-0.1, -0.05) is 25.1 Å². The van der Waals surface area contributed by atoms with E-state index >= 15 is 0 Å². The lowest BCUT2D eigenvalue weighted by atomic mass is 10.2. The molecule has 0 unspecified atom stereocenters. The van der Waals surface area contributed by atoms with Crippen molar-refractivity contribution < 1.29 is 9.59 Å². The van der Waals surface area contributed by atoms with Gasteiger partial charge in [0.25, 0.3) is 5.91 Å². The van der Waals surface area contributed by atoms with Crippen LogP contribution in [-0.2, 0) is 4.79 Å². The van der Waals surface area contributed by atoms with Crippen molar-refractivity contribution in [2.24, 2.45) is 0 Å². The standard InChI is InChI=1S/C19H25N5O2/c1-2-8-20-18(25)15-22-9-11-23(12-10-22)19(26)16-13-21-24(14-16)17-6-4-3-5-7-17/h3-7,13-14H,2,8-12,15H2,1H3,(H,20,25). The Morgan fingerprint density at radius 3 is 2.54 bits per heavy atom. The number of amides is 2. The van der Waals surface area contributed by atoms with Crippen molar-refractivity contribution in [1.29, 1.82) is 0 Å². The summed E-state index contributed by atoms with van der Waals surface area (Å²) in [5.41, 5.74) is 1.51. The van der Waals surface area contributed by atoms with Crippen molar-refractivity contribution in [2.45, 2.75) is 13.3 Å². The van der Waals surface area contributed by atoms with Crippen molar-refractivity contribution in [3.05, 3.63) is 48.3 Å². The lowest BCUT2D eigenvalue weighted by molar-refractivity contribution is -0.122. The molecule has 26 heavy (non-hydrogen) atoms. The summed E-state index contributed by atoms with van der Waals surface area (Å²) in [5, 5.41) is 7.18. The van der Waals surface area contributed by atoms with E-state index in [4.69, 9.17) is 0 Å². The van der Waals surface area contributed by atoms with E-state index < -0.39 is 0 Å². The minimum Gasteiger partial charge on any atom is -0.355 e. The number of aromatic nitrogens is 2. The molecule has 1 fully saturated rings. The van der Waals surface area contributed by atoms with Gasteiger partial charge in [0.05, 0.1) is 24.0 Å². The SMILES string of the molecule is CCCNC(=O)CN1CCN(C(=O)c2cnn(-c3ccccc3)c2)CC1. The van der Waals surface area contributed by atoms with Gasteiger partial charge in [-0.25, -0.2) is 4.68 Å². The van der Waals surface area contributed by atoms with Gasteiger partial charge >= 0.3 is 0 Å². The molecule has 0 bridgehead atoms. The number of nitrogens with one attached hydrogen (secondary N) is 1. The van der Waals surface area contributed by atoms with E-state index in [1.807, 2.05) is 42.2 Å². The van der Waals surface area contributed by atoms with Gasteiger partial charge in [-0.05, 0) is 18.6 Å². The molecule has 1 saturated heterocycles. The summed E-state index contributed by atoms with van der Waals surface area (Å²) >= 11 is 0. The van der Waals surface area contributed by atoms with E-state index in [2.05, 4.69) is 15.3 Å². The fourth-order valence-corrected chi connectivity index (χ4v) is 2.97. The van der Waals surface area contributed by atoms with Gasteiger partial charge in [0, 0.05) is 38.9 Å². The van der Waals surface area contributed by atoms with Gasteiger partial charge < -0.3 is 10.2 Å². The zero-order valence-electron chi connectivity index (χ0n) is 15.1. The first-order chi connectivity index (χ1) is 12.7. The third-order valence-electron chi connectivity index (χ3n) is 4.45. The van der Waals surface area contributed by atoms with Gasteiger partial charge in [0.1, 0.15) is 0 Å². The maximum Gasteiger partial charge on any atom is 0.257 e. The van der Waals surface area contributed by atoms with Gasteiger partial charge in [0.2, 0.25) is 5.91 Å². The second kappa shape index (κ2) is 8.62. The van der Waals surface area contributed by atoms with Crippen molar-refractivity contribution in [1.82, 2.24) is 24.9 Å². The van der Waals surface area contributed by atoms with Crippen LogP contribution in [0.1, 0.15) is 23.7 Å². The van der Waals surface area contributed by atoms with Crippen LogP contribution in [0.3, 0.4) is 0 Å². The van der Waals surface area contributed by atoms with Crippen LogP contribution in [0.2, 0.25) is 0 Å². The molecule has 138 valence electrons. The molecule has 2 heterocycles. The zero-order chi connectivity index (χ0) is 18.4. The summed E-state index contributed by atoms with van der Waals surface area (Å²) < 4.78 is 1.71. The molecule has 1 aliphatic heterocycles. The van der Waals surface area contributed by atoms with Crippen LogP contribution in [0.5, 0.6) is 0 Å². The molecule has 2 aromatic rings. The second-order valence-electron chi connectivity index (χ2n) is 6.43. The van der Waals surface area contributed by atoms with Crippen LogP contribution in [0.15, 0.2) is 42.7 Å². The number of hydrogen-bond donors (Lipinski definition) is 1. The number of benzene rings is 1. The predicted octanol–water partition coefficient (Wildman–Crippen LogP) is 1.16. The normalized spacial score (nSPS) is 15.0. The summed E-state index contributed by atoms with van der Waals surface area (Å²) in [6.45, 7) is 5.80. The number of nitrogens with zero attached hydrogens (tertiary/aromatic N) is 4. The molecule has 1 aromatic heterocycles. The number of carbonyl (C=O) groups is 2. The first-order valence-corrected chi connectivity index (χ1v) is 9.06. The summed E-state index contributed by atoms with van der Waals surface area (Å²) in [5.74, 6) is 0.0398. The Bertz CT molecular complexity index is 735. The van der Waals surface area contributed by atoms with Crippen molar-refractivity contribution in [3.8, 4) is 5.69 Å². The number of hydrogen-bond acceptors (Lipinski definition) is 4. The minimum absolute atomic E-state index is 0.0118.